The highest BCUT2D eigenvalue weighted by molar-refractivity contribution is 5.86. The van der Waals surface area contributed by atoms with E-state index < -0.39 is 11.9 Å². The van der Waals surface area contributed by atoms with Crippen molar-refractivity contribution >= 4 is 11.9 Å². The minimum Gasteiger partial charge on any atom is -0.478 e. The Morgan fingerprint density at radius 1 is 1.12 bits per heavy atom. The summed E-state index contributed by atoms with van der Waals surface area (Å²) < 4.78 is 0. The molecule has 0 aliphatic heterocycles. The molecule has 1 atom stereocenters. The fourth-order valence-electron chi connectivity index (χ4n) is 1.23. The highest BCUT2D eigenvalue weighted by atomic mass is 16.4. The molecule has 0 amide bonds. The van der Waals surface area contributed by atoms with Crippen molar-refractivity contribution < 1.29 is 19.8 Å². The van der Waals surface area contributed by atoms with Gasteiger partial charge in [-0.2, -0.15) is 0 Å². The van der Waals surface area contributed by atoms with E-state index in [2.05, 4.69) is 0 Å². The van der Waals surface area contributed by atoms with Crippen molar-refractivity contribution in [3.63, 3.8) is 0 Å². The third-order valence-corrected chi connectivity index (χ3v) is 2.28. The second-order valence-corrected chi connectivity index (χ2v) is 3.90. The normalized spacial score (nSPS) is 14.7. The minimum absolute atomic E-state index is 0.133. The summed E-state index contributed by atoms with van der Waals surface area (Å²) in [7, 11) is 0. The molecule has 0 rings (SSSR count). The Morgan fingerprint density at radius 2 is 1.62 bits per heavy atom. The van der Waals surface area contributed by atoms with Gasteiger partial charge in [-0.1, -0.05) is 19.1 Å². The second kappa shape index (κ2) is 6.82. The number of allylic oxidation sites excluding steroid dienone is 2. The molecule has 0 aromatic rings. The maximum Gasteiger partial charge on any atom is 0.330 e. The summed E-state index contributed by atoms with van der Waals surface area (Å²) >= 11 is 0. The van der Waals surface area contributed by atoms with Gasteiger partial charge in [0, 0.05) is 11.1 Å². The Labute approximate surface area is 95.3 Å². The Balaban J connectivity index is 4.14. The minimum atomic E-state index is -0.913. The quantitative estimate of drug-likeness (QED) is 0.682. The van der Waals surface area contributed by atoms with Crippen molar-refractivity contribution in [2.45, 2.75) is 33.6 Å². The van der Waals surface area contributed by atoms with E-state index in [1.54, 1.807) is 26.0 Å². The zero-order valence-corrected chi connectivity index (χ0v) is 9.86. The van der Waals surface area contributed by atoms with Crippen LogP contribution in [0, 0.1) is 5.92 Å². The van der Waals surface area contributed by atoms with Crippen LogP contribution >= 0.6 is 0 Å². The molecule has 4 heteroatoms. The summed E-state index contributed by atoms with van der Waals surface area (Å²) in [4.78, 5) is 21.0. The van der Waals surface area contributed by atoms with Crippen molar-refractivity contribution in [1.29, 1.82) is 0 Å². The average molecular weight is 226 g/mol. The number of hydrogen-bond donors (Lipinski definition) is 2. The first-order valence-corrected chi connectivity index (χ1v) is 5.16. The molecule has 0 spiro atoms. The Kier molecular flexibility index (Phi) is 6.15. The molecule has 0 aliphatic rings. The van der Waals surface area contributed by atoms with E-state index >= 15 is 0 Å². The Hall–Kier alpha value is -1.58. The van der Waals surface area contributed by atoms with Crippen LogP contribution in [0.2, 0.25) is 0 Å². The van der Waals surface area contributed by atoms with Gasteiger partial charge in [-0.3, -0.25) is 0 Å². The molecule has 4 nitrogen and oxygen atoms in total. The molecule has 0 heterocycles. The van der Waals surface area contributed by atoms with E-state index in [9.17, 15) is 9.59 Å². The average Bonchev–Trinajstić information content (AvgIpc) is 2.16. The van der Waals surface area contributed by atoms with E-state index in [-0.39, 0.29) is 5.92 Å². The van der Waals surface area contributed by atoms with Crippen LogP contribution in [0.15, 0.2) is 23.3 Å². The molecule has 0 aromatic heterocycles. The van der Waals surface area contributed by atoms with Gasteiger partial charge in [-0.05, 0) is 32.6 Å². The smallest absolute Gasteiger partial charge is 0.330 e. The van der Waals surface area contributed by atoms with Crippen molar-refractivity contribution in [1.82, 2.24) is 0 Å². The SMILES string of the molecule is CC(=CCCC(C)C=C(C)C(=O)O)C(=O)O. The highest BCUT2D eigenvalue weighted by Gasteiger charge is 2.04. The molecule has 0 fully saturated rings. The van der Waals surface area contributed by atoms with Crippen molar-refractivity contribution in [3.8, 4) is 0 Å². The number of carboxylic acids is 2. The first kappa shape index (κ1) is 14.4. The molecule has 1 unspecified atom stereocenters. The fourth-order valence-corrected chi connectivity index (χ4v) is 1.23. The molecule has 0 saturated carbocycles. The van der Waals surface area contributed by atoms with Gasteiger partial charge in [0.1, 0.15) is 0 Å². The van der Waals surface area contributed by atoms with Crippen LogP contribution in [-0.4, -0.2) is 22.2 Å². The largest absolute Gasteiger partial charge is 0.478 e. The van der Waals surface area contributed by atoms with Crippen molar-refractivity contribution in [3.05, 3.63) is 23.3 Å². The van der Waals surface area contributed by atoms with E-state index in [1.807, 2.05) is 6.92 Å². The van der Waals surface area contributed by atoms with Gasteiger partial charge in [0.2, 0.25) is 0 Å². The van der Waals surface area contributed by atoms with Gasteiger partial charge in [0.15, 0.2) is 0 Å². The Bertz CT molecular complexity index is 326. The van der Waals surface area contributed by atoms with Gasteiger partial charge >= 0.3 is 11.9 Å². The fraction of sp³-hybridized carbons (Fsp3) is 0.500. The van der Waals surface area contributed by atoms with Crippen LogP contribution in [0.4, 0.5) is 0 Å². The monoisotopic (exact) mass is 226 g/mol. The number of carbonyl (C=O) groups is 2. The van der Waals surface area contributed by atoms with Crippen LogP contribution in [0.1, 0.15) is 33.6 Å². The van der Waals surface area contributed by atoms with Crippen LogP contribution in [0.25, 0.3) is 0 Å². The molecule has 2 N–H and O–H groups in total. The topological polar surface area (TPSA) is 74.6 Å². The standard InChI is InChI=1S/C12H18O4/c1-8(7-10(3)12(15)16)5-4-6-9(2)11(13)14/h6-8H,4-5H2,1-3H3,(H,13,14)(H,15,16). The van der Waals surface area contributed by atoms with E-state index in [4.69, 9.17) is 10.2 Å². The maximum absolute atomic E-state index is 10.5. The number of aliphatic carboxylic acids is 2. The summed E-state index contributed by atoms with van der Waals surface area (Å²) in [5.74, 6) is -1.69. The maximum atomic E-state index is 10.5. The van der Waals surface area contributed by atoms with Gasteiger partial charge in [0.05, 0.1) is 0 Å². The zero-order chi connectivity index (χ0) is 12.7. The van der Waals surface area contributed by atoms with Gasteiger partial charge in [0.25, 0.3) is 0 Å². The molecule has 90 valence electrons. The number of rotatable bonds is 6. The predicted molar refractivity (Wildman–Crippen MR) is 61.2 cm³/mol. The molecule has 0 aliphatic carbocycles. The van der Waals surface area contributed by atoms with E-state index in [1.165, 1.54) is 0 Å². The zero-order valence-electron chi connectivity index (χ0n) is 9.86. The lowest BCUT2D eigenvalue weighted by atomic mass is 10.0. The molecule has 0 aromatic carbocycles. The van der Waals surface area contributed by atoms with Gasteiger partial charge in [-0.25, -0.2) is 9.59 Å². The van der Waals surface area contributed by atoms with Gasteiger partial charge < -0.3 is 10.2 Å². The van der Waals surface area contributed by atoms with E-state index in [0.717, 1.165) is 6.42 Å². The van der Waals surface area contributed by atoms with Gasteiger partial charge in [-0.15, -0.1) is 0 Å². The summed E-state index contributed by atoms with van der Waals surface area (Å²) in [5, 5.41) is 17.3. The number of hydrogen-bond acceptors (Lipinski definition) is 2. The van der Waals surface area contributed by atoms with Crippen molar-refractivity contribution in [2.24, 2.45) is 5.92 Å². The third-order valence-electron chi connectivity index (χ3n) is 2.28. The van der Waals surface area contributed by atoms with E-state index in [0.29, 0.717) is 17.6 Å². The molecule has 16 heavy (non-hydrogen) atoms. The third kappa shape index (κ3) is 6.01. The summed E-state index contributed by atoms with van der Waals surface area (Å²) in [6, 6.07) is 0. The highest BCUT2D eigenvalue weighted by Crippen LogP contribution is 2.11. The predicted octanol–water partition coefficient (Wildman–Crippen LogP) is 2.46. The Morgan fingerprint density at radius 3 is 2.06 bits per heavy atom. The van der Waals surface area contributed by atoms with Crippen molar-refractivity contribution in [2.75, 3.05) is 0 Å². The van der Waals surface area contributed by atoms with Crippen LogP contribution < -0.4 is 0 Å². The summed E-state index contributed by atoms with van der Waals surface area (Å²) in [5.41, 5.74) is 0.651. The second-order valence-electron chi connectivity index (χ2n) is 3.90. The van der Waals surface area contributed by atoms with Crippen LogP contribution in [0.3, 0.4) is 0 Å². The first-order chi connectivity index (χ1) is 7.34. The lowest BCUT2D eigenvalue weighted by Crippen LogP contribution is -2.00. The lowest BCUT2D eigenvalue weighted by molar-refractivity contribution is -0.133. The van der Waals surface area contributed by atoms with Crippen LogP contribution in [-0.2, 0) is 9.59 Å². The molecular weight excluding hydrogens is 208 g/mol. The molecule has 0 radical (unpaired) electrons. The summed E-state index contributed by atoms with van der Waals surface area (Å²) in [6.45, 7) is 5.01. The number of carboxylic acid groups (broad SMARTS) is 2. The molecular formula is C12H18O4. The summed E-state index contributed by atoms with van der Waals surface area (Å²) in [6.07, 6.45) is 4.73. The first-order valence-electron chi connectivity index (χ1n) is 5.16. The lowest BCUT2D eigenvalue weighted by Gasteiger charge is -2.04. The van der Waals surface area contributed by atoms with Crippen LogP contribution in [0.5, 0.6) is 0 Å². The molecule has 0 saturated heterocycles. The molecule has 0 bridgehead atoms.